The molecule has 24 heavy (non-hydrogen) atoms. The number of nitrogens with zero attached hydrogens (tertiary/aromatic N) is 1. The van der Waals surface area contributed by atoms with Gasteiger partial charge in [-0.3, -0.25) is 9.59 Å². The highest BCUT2D eigenvalue weighted by Crippen LogP contribution is 2.52. The summed E-state index contributed by atoms with van der Waals surface area (Å²) in [6.45, 7) is 4.70. The quantitative estimate of drug-likeness (QED) is 0.626. The van der Waals surface area contributed by atoms with Crippen molar-refractivity contribution in [2.45, 2.75) is 38.2 Å². The molecule has 5 nitrogen and oxygen atoms in total. The molecule has 0 unspecified atom stereocenters. The van der Waals surface area contributed by atoms with Gasteiger partial charge in [-0.15, -0.1) is 0 Å². The molecule has 4 atom stereocenters. The summed E-state index contributed by atoms with van der Waals surface area (Å²) in [5, 5.41) is 0. The van der Waals surface area contributed by atoms with E-state index in [-0.39, 0.29) is 30.6 Å². The van der Waals surface area contributed by atoms with E-state index in [9.17, 15) is 9.59 Å². The lowest BCUT2D eigenvalue weighted by Crippen LogP contribution is -2.40. The van der Waals surface area contributed by atoms with Gasteiger partial charge in [0, 0.05) is 6.04 Å². The Balaban J connectivity index is 1.52. The van der Waals surface area contributed by atoms with Crippen LogP contribution in [0.2, 0.25) is 0 Å². The van der Waals surface area contributed by atoms with E-state index in [2.05, 4.69) is 0 Å². The smallest absolute Gasteiger partial charge is 0.313 e. The summed E-state index contributed by atoms with van der Waals surface area (Å²) in [6, 6.07) is 9.64. The molecule has 2 bridgehead atoms. The van der Waals surface area contributed by atoms with Gasteiger partial charge in [-0.1, -0.05) is 42.5 Å². The number of hydrogen-bond acceptors (Lipinski definition) is 4. The molecule has 1 aromatic rings. The molecule has 0 saturated carbocycles. The fraction of sp³-hybridized carbons (Fsp3) is 0.474. The fourth-order valence-electron chi connectivity index (χ4n) is 4.06. The van der Waals surface area contributed by atoms with Crippen LogP contribution in [-0.4, -0.2) is 41.1 Å². The third-order valence-corrected chi connectivity index (χ3v) is 5.25. The number of carbonyl (C=O) groups is 2. The largest absolute Gasteiger partial charge is 0.460 e. The zero-order valence-electron chi connectivity index (χ0n) is 13.8. The SMILES string of the molecule is CC(C)N1C[C@]23C=C[C@@H](O2)[C@@H](C(=O)OCc2ccccc2)[C@@H]3C1=O. The molecule has 0 N–H and O–H groups in total. The van der Waals surface area contributed by atoms with Crippen LogP contribution < -0.4 is 0 Å². The normalized spacial score (nSPS) is 33.4. The number of ether oxygens (including phenoxy) is 2. The summed E-state index contributed by atoms with van der Waals surface area (Å²) in [4.78, 5) is 27.3. The fourth-order valence-corrected chi connectivity index (χ4v) is 4.06. The average Bonchev–Trinajstić information content (AvgIpc) is 3.22. The van der Waals surface area contributed by atoms with Crippen LogP contribution in [-0.2, 0) is 25.7 Å². The summed E-state index contributed by atoms with van der Waals surface area (Å²) in [5.74, 6) is -1.36. The van der Waals surface area contributed by atoms with E-state index in [0.29, 0.717) is 6.54 Å². The molecule has 3 aliphatic heterocycles. The Hall–Kier alpha value is -2.14. The van der Waals surface area contributed by atoms with Gasteiger partial charge in [-0.25, -0.2) is 0 Å². The van der Waals surface area contributed by atoms with Gasteiger partial charge in [0.05, 0.1) is 18.6 Å². The van der Waals surface area contributed by atoms with Crippen molar-refractivity contribution >= 4 is 11.9 Å². The van der Waals surface area contributed by atoms with E-state index in [1.54, 1.807) is 4.90 Å². The van der Waals surface area contributed by atoms with Crippen LogP contribution in [0, 0.1) is 11.8 Å². The molecule has 0 aliphatic carbocycles. The van der Waals surface area contributed by atoms with Crippen molar-refractivity contribution in [3.8, 4) is 0 Å². The van der Waals surface area contributed by atoms with Crippen LogP contribution in [0.5, 0.6) is 0 Å². The second-order valence-electron chi connectivity index (χ2n) is 7.05. The van der Waals surface area contributed by atoms with Gasteiger partial charge < -0.3 is 14.4 Å². The average molecular weight is 327 g/mol. The van der Waals surface area contributed by atoms with E-state index < -0.39 is 17.4 Å². The molecule has 2 fully saturated rings. The van der Waals surface area contributed by atoms with Gasteiger partial charge in [0.15, 0.2) is 0 Å². The standard InChI is InChI=1S/C19H21NO4/c1-12(2)20-11-19-9-8-14(24-19)15(16(19)17(20)21)18(22)23-10-13-6-4-3-5-7-13/h3-9,12,14-16H,10-11H2,1-2H3/t14-,15-,16-,19+/m1/s1. The molecule has 2 saturated heterocycles. The Bertz CT molecular complexity index is 699. The molecule has 5 heteroatoms. The van der Waals surface area contributed by atoms with Crippen LogP contribution in [0.4, 0.5) is 0 Å². The van der Waals surface area contributed by atoms with Gasteiger partial charge >= 0.3 is 5.97 Å². The van der Waals surface area contributed by atoms with Crippen molar-refractivity contribution in [3.63, 3.8) is 0 Å². The summed E-state index contributed by atoms with van der Waals surface area (Å²) in [5.41, 5.74) is 0.282. The van der Waals surface area contributed by atoms with Gasteiger partial charge in [-0.05, 0) is 19.4 Å². The van der Waals surface area contributed by atoms with Crippen LogP contribution in [0.15, 0.2) is 42.5 Å². The molecule has 1 aromatic carbocycles. The van der Waals surface area contributed by atoms with Crippen molar-refractivity contribution in [2.24, 2.45) is 11.8 Å². The van der Waals surface area contributed by atoms with E-state index >= 15 is 0 Å². The highest BCUT2D eigenvalue weighted by Gasteiger charge is 2.67. The highest BCUT2D eigenvalue weighted by atomic mass is 16.6. The zero-order valence-corrected chi connectivity index (χ0v) is 13.8. The molecule has 4 rings (SSSR count). The molecular weight excluding hydrogens is 306 g/mol. The Kier molecular flexibility index (Phi) is 3.49. The maximum atomic E-state index is 12.8. The summed E-state index contributed by atoms with van der Waals surface area (Å²) in [7, 11) is 0. The number of esters is 1. The third kappa shape index (κ3) is 2.18. The lowest BCUT2D eigenvalue weighted by Gasteiger charge is -2.24. The Morgan fingerprint density at radius 1 is 1.38 bits per heavy atom. The topological polar surface area (TPSA) is 55.8 Å². The molecule has 126 valence electrons. The van der Waals surface area contributed by atoms with Crippen LogP contribution >= 0.6 is 0 Å². The molecule has 1 spiro atoms. The molecule has 3 heterocycles. The first-order valence-corrected chi connectivity index (χ1v) is 8.40. The van der Waals surface area contributed by atoms with Crippen LogP contribution in [0.25, 0.3) is 0 Å². The second kappa shape index (κ2) is 5.45. The molecule has 0 radical (unpaired) electrons. The number of carbonyl (C=O) groups excluding carboxylic acids is 2. The first kappa shape index (κ1) is 15.4. The van der Waals surface area contributed by atoms with Crippen molar-refractivity contribution < 1.29 is 19.1 Å². The lowest BCUT2D eigenvalue weighted by molar-refractivity contribution is -0.155. The van der Waals surface area contributed by atoms with Crippen LogP contribution in [0.3, 0.4) is 0 Å². The number of amides is 1. The zero-order chi connectivity index (χ0) is 16.9. The maximum Gasteiger partial charge on any atom is 0.313 e. The Morgan fingerprint density at radius 2 is 2.12 bits per heavy atom. The van der Waals surface area contributed by atoms with Gasteiger partial charge in [-0.2, -0.15) is 0 Å². The van der Waals surface area contributed by atoms with E-state index in [1.165, 1.54) is 0 Å². The second-order valence-corrected chi connectivity index (χ2v) is 7.05. The monoisotopic (exact) mass is 327 g/mol. The number of hydrogen-bond donors (Lipinski definition) is 0. The van der Waals surface area contributed by atoms with Crippen molar-refractivity contribution in [3.05, 3.63) is 48.0 Å². The first-order chi connectivity index (χ1) is 11.5. The molecule has 3 aliphatic rings. The van der Waals surface area contributed by atoms with Crippen molar-refractivity contribution in [1.82, 2.24) is 4.90 Å². The Morgan fingerprint density at radius 3 is 2.83 bits per heavy atom. The number of benzene rings is 1. The predicted octanol–water partition coefficient (Wildman–Crippen LogP) is 1.92. The lowest BCUT2D eigenvalue weighted by atomic mass is 9.77. The molecular formula is C19H21NO4. The van der Waals surface area contributed by atoms with Gasteiger partial charge in [0.2, 0.25) is 5.91 Å². The third-order valence-electron chi connectivity index (χ3n) is 5.25. The highest BCUT2D eigenvalue weighted by molar-refractivity contribution is 5.91. The number of rotatable bonds is 4. The van der Waals surface area contributed by atoms with E-state index in [4.69, 9.17) is 9.47 Å². The number of fused-ring (bicyclic) bond motifs is 1. The minimum atomic E-state index is -0.650. The van der Waals surface area contributed by atoms with E-state index in [0.717, 1.165) is 5.56 Å². The van der Waals surface area contributed by atoms with Crippen molar-refractivity contribution in [2.75, 3.05) is 6.54 Å². The van der Waals surface area contributed by atoms with Crippen LogP contribution in [0.1, 0.15) is 19.4 Å². The van der Waals surface area contributed by atoms with Crippen molar-refractivity contribution in [1.29, 1.82) is 0 Å². The molecule has 0 aromatic heterocycles. The minimum Gasteiger partial charge on any atom is -0.460 e. The maximum absolute atomic E-state index is 12.8. The summed E-state index contributed by atoms with van der Waals surface area (Å²) < 4.78 is 11.5. The summed E-state index contributed by atoms with van der Waals surface area (Å²) >= 11 is 0. The predicted molar refractivity (Wildman–Crippen MR) is 86.8 cm³/mol. The van der Waals surface area contributed by atoms with Gasteiger partial charge in [0.1, 0.15) is 18.1 Å². The first-order valence-electron chi connectivity index (χ1n) is 8.40. The molecule has 1 amide bonds. The number of likely N-dealkylation sites (tertiary alicyclic amines) is 1. The Labute approximate surface area is 141 Å². The van der Waals surface area contributed by atoms with Gasteiger partial charge in [0.25, 0.3) is 0 Å². The minimum absolute atomic E-state index is 0.00138. The van der Waals surface area contributed by atoms with E-state index in [1.807, 2.05) is 56.3 Å². The summed E-state index contributed by atoms with van der Waals surface area (Å²) in [6.07, 6.45) is 3.52.